The van der Waals surface area contributed by atoms with Crippen LogP contribution in [0.2, 0.25) is 0 Å². The van der Waals surface area contributed by atoms with Gasteiger partial charge in [0.1, 0.15) is 6.10 Å². The molecular formula is C18H22BrN3O. The van der Waals surface area contributed by atoms with Crippen LogP contribution in [0.15, 0.2) is 45.9 Å². The number of pyridine rings is 1. The first-order chi connectivity index (χ1) is 11.0. The summed E-state index contributed by atoms with van der Waals surface area (Å²) in [4.78, 5) is 11.0. The zero-order valence-electron chi connectivity index (χ0n) is 14.0. The summed E-state index contributed by atoms with van der Waals surface area (Å²) in [5.74, 6) is 0.585. The zero-order valence-corrected chi connectivity index (χ0v) is 15.5. The first-order valence-electron chi connectivity index (χ1n) is 7.64. The molecule has 4 nitrogen and oxygen atoms in total. The van der Waals surface area contributed by atoms with Crippen molar-refractivity contribution in [1.29, 1.82) is 0 Å². The molecule has 1 aromatic carbocycles. The molecule has 0 radical (unpaired) electrons. The fourth-order valence-electron chi connectivity index (χ4n) is 1.96. The van der Waals surface area contributed by atoms with Gasteiger partial charge in [0.25, 0.3) is 0 Å². The van der Waals surface area contributed by atoms with Gasteiger partial charge in [-0.15, -0.1) is 0 Å². The SMILES string of the molecule is CCN(C)/C=N/c1cc(Br)c(OC(C)c2ccccc2)nc1C. The Bertz CT molecular complexity index is 673. The maximum absolute atomic E-state index is 5.99. The second-order valence-corrected chi connectivity index (χ2v) is 6.22. The number of aryl methyl sites for hydroxylation is 1. The van der Waals surface area contributed by atoms with Gasteiger partial charge >= 0.3 is 0 Å². The van der Waals surface area contributed by atoms with E-state index in [1.165, 1.54) is 0 Å². The van der Waals surface area contributed by atoms with Crippen LogP contribution in [-0.4, -0.2) is 29.8 Å². The first-order valence-corrected chi connectivity index (χ1v) is 8.43. The highest BCUT2D eigenvalue weighted by Gasteiger charge is 2.13. The molecule has 23 heavy (non-hydrogen) atoms. The van der Waals surface area contributed by atoms with Gasteiger partial charge in [-0.05, 0) is 48.3 Å². The standard InChI is InChI=1S/C18H22BrN3O/c1-5-22(4)12-20-17-11-16(19)18(21-13(17)2)23-14(3)15-9-7-6-8-10-15/h6-12,14H,5H2,1-4H3/b20-12+. The molecule has 0 saturated heterocycles. The third kappa shape index (κ3) is 4.79. The van der Waals surface area contributed by atoms with Crippen LogP contribution in [0.25, 0.3) is 0 Å². The number of ether oxygens (including phenoxy) is 1. The van der Waals surface area contributed by atoms with E-state index in [0.717, 1.165) is 28.0 Å². The van der Waals surface area contributed by atoms with E-state index in [1.54, 1.807) is 0 Å². The van der Waals surface area contributed by atoms with Crippen molar-refractivity contribution >= 4 is 28.0 Å². The highest BCUT2D eigenvalue weighted by molar-refractivity contribution is 9.10. The number of hydrogen-bond donors (Lipinski definition) is 0. The zero-order chi connectivity index (χ0) is 16.8. The van der Waals surface area contributed by atoms with E-state index in [9.17, 15) is 0 Å². The fraction of sp³-hybridized carbons (Fsp3) is 0.333. The van der Waals surface area contributed by atoms with Gasteiger partial charge in [-0.2, -0.15) is 0 Å². The predicted octanol–water partition coefficient (Wildman–Crippen LogP) is 4.90. The molecule has 0 amide bonds. The minimum atomic E-state index is -0.0695. The van der Waals surface area contributed by atoms with Gasteiger partial charge in [0.2, 0.25) is 5.88 Å². The molecule has 0 aliphatic carbocycles. The van der Waals surface area contributed by atoms with E-state index in [-0.39, 0.29) is 6.10 Å². The van der Waals surface area contributed by atoms with Gasteiger partial charge in [-0.25, -0.2) is 9.98 Å². The van der Waals surface area contributed by atoms with Crippen LogP contribution in [0.3, 0.4) is 0 Å². The number of aromatic nitrogens is 1. The third-order valence-corrected chi connectivity index (χ3v) is 4.13. The molecule has 5 heteroatoms. The second kappa shape index (κ2) is 8.11. The molecule has 0 bridgehead atoms. The molecule has 0 fully saturated rings. The molecule has 0 aliphatic heterocycles. The Morgan fingerprint density at radius 1 is 1.35 bits per heavy atom. The number of aliphatic imine (C=N–C) groups is 1. The minimum Gasteiger partial charge on any atom is -0.469 e. The van der Waals surface area contributed by atoms with Crippen molar-refractivity contribution in [3.05, 3.63) is 52.1 Å². The molecule has 1 heterocycles. The Labute approximate surface area is 146 Å². The Balaban J connectivity index is 2.18. The summed E-state index contributed by atoms with van der Waals surface area (Å²) in [6.07, 6.45) is 1.74. The van der Waals surface area contributed by atoms with E-state index in [1.807, 2.05) is 68.5 Å². The molecule has 0 spiro atoms. The first kappa shape index (κ1) is 17.5. The monoisotopic (exact) mass is 375 g/mol. The Morgan fingerprint density at radius 3 is 2.70 bits per heavy atom. The van der Waals surface area contributed by atoms with Crippen molar-refractivity contribution in [2.24, 2.45) is 4.99 Å². The quantitative estimate of drug-likeness (QED) is 0.531. The summed E-state index contributed by atoms with van der Waals surface area (Å²) in [7, 11) is 1.99. The van der Waals surface area contributed by atoms with Crippen molar-refractivity contribution in [2.75, 3.05) is 13.6 Å². The van der Waals surface area contributed by atoms with Crippen molar-refractivity contribution in [2.45, 2.75) is 26.9 Å². The van der Waals surface area contributed by atoms with Crippen LogP contribution in [-0.2, 0) is 0 Å². The molecule has 2 aromatic rings. The van der Waals surface area contributed by atoms with Crippen LogP contribution in [0, 0.1) is 6.92 Å². The van der Waals surface area contributed by atoms with Gasteiger partial charge in [0.05, 0.1) is 22.2 Å². The Morgan fingerprint density at radius 2 is 2.04 bits per heavy atom. The predicted molar refractivity (Wildman–Crippen MR) is 98.6 cm³/mol. The number of halogens is 1. The smallest absolute Gasteiger partial charge is 0.228 e. The molecule has 0 saturated carbocycles. The maximum atomic E-state index is 5.99. The molecular weight excluding hydrogens is 354 g/mol. The van der Waals surface area contributed by atoms with Crippen LogP contribution in [0.5, 0.6) is 5.88 Å². The number of rotatable bonds is 6. The Kier molecular flexibility index (Phi) is 6.16. The lowest BCUT2D eigenvalue weighted by molar-refractivity contribution is 0.215. The normalized spacial score (nSPS) is 12.4. The summed E-state index contributed by atoms with van der Waals surface area (Å²) >= 11 is 3.53. The van der Waals surface area contributed by atoms with E-state index in [2.05, 4.69) is 32.8 Å². The lowest BCUT2D eigenvalue weighted by Crippen LogP contribution is -2.14. The van der Waals surface area contributed by atoms with E-state index in [4.69, 9.17) is 4.74 Å². The summed E-state index contributed by atoms with van der Waals surface area (Å²) in [5, 5.41) is 0. The molecule has 1 aromatic heterocycles. The van der Waals surface area contributed by atoms with Gasteiger partial charge in [-0.1, -0.05) is 30.3 Å². The fourth-order valence-corrected chi connectivity index (χ4v) is 2.36. The molecule has 1 unspecified atom stereocenters. The lowest BCUT2D eigenvalue weighted by Gasteiger charge is -2.16. The van der Waals surface area contributed by atoms with E-state index >= 15 is 0 Å². The average Bonchev–Trinajstić information content (AvgIpc) is 2.57. The van der Waals surface area contributed by atoms with E-state index in [0.29, 0.717) is 5.88 Å². The van der Waals surface area contributed by atoms with Crippen LogP contribution in [0.1, 0.15) is 31.2 Å². The van der Waals surface area contributed by atoms with Crippen LogP contribution in [0.4, 0.5) is 5.69 Å². The van der Waals surface area contributed by atoms with Crippen molar-refractivity contribution in [3.8, 4) is 5.88 Å². The van der Waals surface area contributed by atoms with Crippen molar-refractivity contribution < 1.29 is 4.74 Å². The van der Waals surface area contributed by atoms with Crippen LogP contribution < -0.4 is 4.74 Å². The van der Waals surface area contributed by atoms with Gasteiger partial charge in [-0.3, -0.25) is 0 Å². The maximum Gasteiger partial charge on any atom is 0.228 e. The molecule has 0 aliphatic rings. The van der Waals surface area contributed by atoms with Crippen molar-refractivity contribution in [1.82, 2.24) is 9.88 Å². The third-order valence-electron chi connectivity index (χ3n) is 3.56. The molecule has 2 rings (SSSR count). The highest BCUT2D eigenvalue weighted by Crippen LogP contribution is 2.32. The highest BCUT2D eigenvalue weighted by atomic mass is 79.9. The average molecular weight is 376 g/mol. The van der Waals surface area contributed by atoms with Crippen molar-refractivity contribution in [3.63, 3.8) is 0 Å². The minimum absolute atomic E-state index is 0.0695. The molecule has 1 atom stereocenters. The van der Waals surface area contributed by atoms with Gasteiger partial charge in [0.15, 0.2) is 0 Å². The topological polar surface area (TPSA) is 37.7 Å². The summed E-state index contributed by atoms with van der Waals surface area (Å²) in [6.45, 7) is 6.94. The van der Waals surface area contributed by atoms with Gasteiger partial charge in [0, 0.05) is 13.6 Å². The second-order valence-electron chi connectivity index (χ2n) is 5.37. The largest absolute Gasteiger partial charge is 0.469 e. The summed E-state index contributed by atoms with van der Waals surface area (Å²) in [5.41, 5.74) is 2.78. The summed E-state index contributed by atoms with van der Waals surface area (Å²) in [6, 6.07) is 12.0. The number of nitrogens with zero attached hydrogens (tertiary/aromatic N) is 3. The number of benzene rings is 1. The molecule has 122 valence electrons. The summed E-state index contributed by atoms with van der Waals surface area (Å²) < 4.78 is 6.80. The Hall–Kier alpha value is -1.88. The molecule has 0 N–H and O–H groups in total. The number of hydrogen-bond acceptors (Lipinski definition) is 3. The van der Waals surface area contributed by atoms with Crippen LogP contribution >= 0.6 is 15.9 Å². The van der Waals surface area contributed by atoms with Gasteiger partial charge < -0.3 is 9.64 Å². The lowest BCUT2D eigenvalue weighted by atomic mass is 10.1. The van der Waals surface area contributed by atoms with E-state index < -0.39 is 0 Å².